The van der Waals surface area contributed by atoms with Gasteiger partial charge in [-0.2, -0.15) is 0 Å². The summed E-state index contributed by atoms with van der Waals surface area (Å²) in [7, 11) is -4.08. The van der Waals surface area contributed by atoms with E-state index in [9.17, 15) is 31.5 Å². The lowest BCUT2D eigenvalue weighted by Crippen LogP contribution is -2.44. The first-order valence-electron chi connectivity index (χ1n) is 13.2. The quantitative estimate of drug-likeness (QED) is 0.239. The van der Waals surface area contributed by atoms with Crippen molar-refractivity contribution < 1.29 is 36.0 Å². The molecule has 218 valence electrons. The Morgan fingerprint density at radius 2 is 1.62 bits per heavy atom. The van der Waals surface area contributed by atoms with E-state index in [2.05, 4.69) is 10.5 Å². The minimum atomic E-state index is -4.08. The van der Waals surface area contributed by atoms with Crippen LogP contribution in [-0.4, -0.2) is 29.8 Å². The van der Waals surface area contributed by atoms with E-state index in [0.717, 1.165) is 11.6 Å². The second-order valence-corrected chi connectivity index (χ2v) is 13.3. The van der Waals surface area contributed by atoms with Crippen LogP contribution in [-0.2, 0) is 15.4 Å². The molecular weight excluding hydrogens is 593 g/mol. The molecule has 0 aliphatic heterocycles. The van der Waals surface area contributed by atoms with Crippen LogP contribution in [0, 0.1) is 29.3 Å². The summed E-state index contributed by atoms with van der Waals surface area (Å²) in [5, 5.41) is 17.1. The van der Waals surface area contributed by atoms with Crippen molar-refractivity contribution in [1.29, 1.82) is 0 Å². The van der Waals surface area contributed by atoms with Crippen molar-refractivity contribution in [3.05, 3.63) is 100 Å². The Labute approximate surface area is 244 Å². The molecule has 0 radical (unpaired) electrons. The molecule has 42 heavy (non-hydrogen) atoms. The van der Waals surface area contributed by atoms with Gasteiger partial charge in [-0.3, -0.25) is 4.79 Å². The summed E-state index contributed by atoms with van der Waals surface area (Å²) >= 11 is 6.33. The van der Waals surface area contributed by atoms with E-state index in [1.54, 1.807) is 6.07 Å². The number of nitrogens with zero attached hydrogens (tertiary/aromatic N) is 1. The number of nitrogens with one attached hydrogen (secondary N) is 1. The van der Waals surface area contributed by atoms with Crippen LogP contribution in [0.5, 0.6) is 0 Å². The zero-order chi connectivity index (χ0) is 29.8. The first-order chi connectivity index (χ1) is 20.0. The highest BCUT2D eigenvalue weighted by atomic mass is 35.5. The normalized spacial score (nSPS) is 23.6. The Morgan fingerprint density at radius 1 is 0.976 bits per heavy atom. The maximum absolute atomic E-state index is 14.0. The molecular formula is C30H24ClF3N2O5S. The molecule has 12 heteroatoms. The smallest absolute Gasteiger partial charge is 0.255 e. The minimum Gasteiger partial charge on any atom is -0.383 e. The predicted octanol–water partition coefficient (Wildman–Crippen LogP) is 6.51. The average Bonchev–Trinajstić information content (AvgIpc) is 3.57. The summed E-state index contributed by atoms with van der Waals surface area (Å²) < 4.78 is 74.0. The molecule has 6 rings (SSSR count). The third-order valence-electron chi connectivity index (χ3n) is 8.18. The monoisotopic (exact) mass is 616 g/mol. The minimum absolute atomic E-state index is 0.0883. The molecule has 0 spiro atoms. The van der Waals surface area contributed by atoms with Gasteiger partial charge in [-0.05, 0) is 55.7 Å². The number of benzene rings is 3. The summed E-state index contributed by atoms with van der Waals surface area (Å²) in [5.41, 5.74) is -0.700. The number of rotatable bonds is 6. The van der Waals surface area contributed by atoms with Gasteiger partial charge in [0.05, 0.1) is 15.2 Å². The van der Waals surface area contributed by atoms with Gasteiger partial charge in [0.15, 0.2) is 33.0 Å². The SMILES string of the molecule is O=C(Nc1cc(F)c(F)c(F)c1)c1ccc(Cl)c(S(=O)(=O)[C@H]2C3CC[C@H]2C[C@](O)(c2cc(-c4ccccc4)on2)C3)c1. The number of anilines is 1. The fourth-order valence-corrected chi connectivity index (χ4v) is 9.16. The molecule has 2 N–H and O–H groups in total. The molecule has 4 atom stereocenters. The Morgan fingerprint density at radius 3 is 2.26 bits per heavy atom. The highest BCUT2D eigenvalue weighted by Gasteiger charge is 2.55. The van der Waals surface area contributed by atoms with Crippen molar-refractivity contribution in [3.8, 4) is 11.3 Å². The van der Waals surface area contributed by atoms with Gasteiger partial charge in [0.2, 0.25) is 0 Å². The van der Waals surface area contributed by atoms with Crippen molar-refractivity contribution in [3.63, 3.8) is 0 Å². The van der Waals surface area contributed by atoms with E-state index in [-0.39, 0.29) is 34.0 Å². The number of hydrogen-bond donors (Lipinski definition) is 2. The van der Waals surface area contributed by atoms with Crippen LogP contribution in [0.3, 0.4) is 0 Å². The van der Waals surface area contributed by atoms with Crippen molar-refractivity contribution in [2.45, 2.75) is 41.4 Å². The molecule has 2 aliphatic carbocycles. The summed E-state index contributed by atoms with van der Waals surface area (Å²) in [4.78, 5) is 12.6. The zero-order valence-corrected chi connectivity index (χ0v) is 23.4. The van der Waals surface area contributed by atoms with Crippen molar-refractivity contribution >= 4 is 33.0 Å². The van der Waals surface area contributed by atoms with Gasteiger partial charge in [-0.25, -0.2) is 21.6 Å². The number of sulfone groups is 1. The van der Waals surface area contributed by atoms with Gasteiger partial charge < -0.3 is 14.9 Å². The van der Waals surface area contributed by atoms with E-state index in [1.807, 2.05) is 30.3 Å². The Bertz CT molecular complexity index is 1760. The Kier molecular flexibility index (Phi) is 7.15. The zero-order valence-electron chi connectivity index (χ0n) is 21.9. The number of carbonyl (C=O) groups is 1. The summed E-state index contributed by atoms with van der Waals surface area (Å²) in [6.07, 6.45) is 1.43. The maximum atomic E-state index is 14.0. The summed E-state index contributed by atoms with van der Waals surface area (Å²) in [6, 6.07) is 15.9. The molecule has 3 aromatic carbocycles. The predicted molar refractivity (Wildman–Crippen MR) is 148 cm³/mol. The third kappa shape index (κ3) is 4.99. The van der Waals surface area contributed by atoms with Crippen LogP contribution in [0.1, 0.15) is 41.7 Å². The van der Waals surface area contributed by atoms with Gasteiger partial charge in [0.1, 0.15) is 11.3 Å². The summed E-state index contributed by atoms with van der Waals surface area (Å²) in [6.45, 7) is 0. The molecule has 2 saturated carbocycles. The highest BCUT2D eigenvalue weighted by molar-refractivity contribution is 7.92. The van der Waals surface area contributed by atoms with Crippen LogP contribution in [0.2, 0.25) is 5.02 Å². The second-order valence-electron chi connectivity index (χ2n) is 10.8. The lowest BCUT2D eigenvalue weighted by Gasteiger charge is -2.39. The molecule has 1 amide bonds. The number of fused-ring (bicyclic) bond motifs is 2. The van der Waals surface area contributed by atoms with Crippen LogP contribution >= 0.6 is 11.6 Å². The van der Waals surface area contributed by atoms with Crippen molar-refractivity contribution in [2.24, 2.45) is 11.8 Å². The standard InChI is InChI=1S/C30H24ClF3N2O5S/c31-21-9-8-17(29(37)35-20-11-22(32)27(34)23(33)12-20)10-25(21)42(39,40)28-18-6-7-19(28)15-30(38,14-18)26-13-24(41-36-26)16-4-2-1-3-5-16/h1-5,8-13,18-19,28,38H,6-7,14-15H2,(H,35,37)/t18-,19?,28+,30+/m0/s1. The number of aliphatic hydroxyl groups is 1. The van der Waals surface area contributed by atoms with E-state index in [1.165, 1.54) is 12.1 Å². The Hall–Kier alpha value is -3.67. The van der Waals surface area contributed by atoms with Crippen LogP contribution in [0.25, 0.3) is 11.3 Å². The maximum Gasteiger partial charge on any atom is 0.255 e. The molecule has 1 heterocycles. The molecule has 1 unspecified atom stereocenters. The number of carbonyl (C=O) groups excluding carboxylic acids is 1. The van der Waals surface area contributed by atoms with E-state index < -0.39 is 55.9 Å². The van der Waals surface area contributed by atoms with Gasteiger partial charge >= 0.3 is 0 Å². The Balaban J connectivity index is 1.25. The van der Waals surface area contributed by atoms with Crippen LogP contribution in [0.4, 0.5) is 18.9 Å². The van der Waals surface area contributed by atoms with Gasteiger partial charge in [0.25, 0.3) is 5.91 Å². The molecule has 0 saturated heterocycles. The topological polar surface area (TPSA) is 110 Å². The first-order valence-corrected chi connectivity index (χ1v) is 15.1. The molecule has 4 aromatic rings. The first kappa shape index (κ1) is 28.4. The fraction of sp³-hybridized carbons (Fsp3) is 0.267. The lowest BCUT2D eigenvalue weighted by atomic mass is 9.75. The largest absolute Gasteiger partial charge is 0.383 e. The van der Waals surface area contributed by atoms with E-state index in [0.29, 0.717) is 36.4 Å². The number of halogens is 4. The van der Waals surface area contributed by atoms with Gasteiger partial charge in [0, 0.05) is 35.0 Å². The number of amides is 1. The molecule has 2 fully saturated rings. The van der Waals surface area contributed by atoms with E-state index in [4.69, 9.17) is 16.1 Å². The highest BCUT2D eigenvalue weighted by Crippen LogP contribution is 2.54. The molecule has 2 aliphatic rings. The summed E-state index contributed by atoms with van der Waals surface area (Å²) in [5.74, 6) is -5.84. The van der Waals surface area contributed by atoms with Crippen LogP contribution in [0.15, 0.2) is 76.1 Å². The van der Waals surface area contributed by atoms with Gasteiger partial charge in [-0.1, -0.05) is 47.1 Å². The van der Waals surface area contributed by atoms with Crippen LogP contribution < -0.4 is 5.32 Å². The van der Waals surface area contributed by atoms with Gasteiger partial charge in [-0.15, -0.1) is 0 Å². The molecule has 2 bridgehead atoms. The average molecular weight is 617 g/mol. The van der Waals surface area contributed by atoms with E-state index >= 15 is 0 Å². The molecule has 7 nitrogen and oxygen atoms in total. The number of aromatic nitrogens is 1. The lowest BCUT2D eigenvalue weighted by molar-refractivity contribution is -0.0298. The van der Waals surface area contributed by atoms with Crippen molar-refractivity contribution in [2.75, 3.05) is 5.32 Å². The molecule has 1 aromatic heterocycles. The second kappa shape index (κ2) is 10.6. The van der Waals surface area contributed by atoms with Crippen molar-refractivity contribution in [1.82, 2.24) is 5.16 Å². The number of hydrogen-bond acceptors (Lipinski definition) is 6. The third-order valence-corrected chi connectivity index (χ3v) is 11.1. The fourth-order valence-electron chi connectivity index (χ4n) is 6.32.